The van der Waals surface area contributed by atoms with E-state index in [-0.39, 0.29) is 16.3 Å². The molecule has 1 aromatic heterocycles. The van der Waals surface area contributed by atoms with Crippen LogP contribution in [0.1, 0.15) is 20.8 Å². The van der Waals surface area contributed by atoms with E-state index in [9.17, 15) is 14.9 Å². The average molecular weight is 388 g/mol. The highest BCUT2D eigenvalue weighted by atomic mass is 35.5. The minimum absolute atomic E-state index is 0.0155. The number of amides is 1. The molecule has 3 aromatic rings. The van der Waals surface area contributed by atoms with E-state index >= 15 is 0 Å². The molecule has 0 aliphatic heterocycles. The molecular weight excluding hydrogens is 374 g/mol. The molecule has 6 nitrogen and oxygen atoms in total. The lowest BCUT2D eigenvalue weighted by molar-refractivity contribution is -0.384. The van der Waals surface area contributed by atoms with Crippen molar-refractivity contribution in [2.24, 2.45) is 0 Å². The lowest BCUT2D eigenvalue weighted by atomic mass is 10.1. The number of nitrogens with one attached hydrogen (secondary N) is 1. The van der Waals surface area contributed by atoms with Crippen molar-refractivity contribution in [3.05, 3.63) is 73.6 Å². The molecule has 2 aromatic carbocycles. The monoisotopic (exact) mass is 387 g/mol. The van der Waals surface area contributed by atoms with Crippen molar-refractivity contribution < 1.29 is 9.72 Å². The first-order valence-electron chi connectivity index (χ1n) is 7.65. The Hall–Kier alpha value is -2.77. The molecule has 0 atom stereocenters. The molecule has 3 rings (SSSR count). The Bertz CT molecular complexity index is 999. The van der Waals surface area contributed by atoms with E-state index < -0.39 is 10.8 Å². The van der Waals surface area contributed by atoms with Crippen molar-refractivity contribution in [1.82, 2.24) is 4.98 Å². The van der Waals surface area contributed by atoms with Gasteiger partial charge in [-0.1, -0.05) is 41.4 Å². The standard InChI is InChI=1S/C18H14ClN3O3S/c1-10-3-5-12(6-4-10)16-11(2)26-18(20-16)21-17(23)13-7-8-14(19)15(9-13)22(24)25/h3-9H,1-2H3,(H,20,21,23). The largest absolute Gasteiger partial charge is 0.298 e. The van der Waals surface area contributed by atoms with Gasteiger partial charge >= 0.3 is 0 Å². The Kier molecular flexibility index (Phi) is 5.01. The number of nitrogens with zero attached hydrogens (tertiary/aromatic N) is 2. The van der Waals surface area contributed by atoms with E-state index in [0.29, 0.717) is 5.13 Å². The fourth-order valence-corrected chi connectivity index (χ4v) is 3.41. The van der Waals surface area contributed by atoms with Crippen LogP contribution in [0.15, 0.2) is 42.5 Å². The summed E-state index contributed by atoms with van der Waals surface area (Å²) < 4.78 is 0. The van der Waals surface area contributed by atoms with Crippen LogP contribution >= 0.6 is 22.9 Å². The van der Waals surface area contributed by atoms with Crippen molar-refractivity contribution in [1.29, 1.82) is 0 Å². The number of aromatic nitrogens is 1. The highest BCUT2D eigenvalue weighted by Gasteiger charge is 2.18. The predicted octanol–water partition coefficient (Wildman–Crippen LogP) is 5.24. The molecule has 0 bridgehead atoms. The molecule has 132 valence electrons. The van der Waals surface area contributed by atoms with Crippen LogP contribution in [0, 0.1) is 24.0 Å². The average Bonchev–Trinajstić information content (AvgIpc) is 2.96. The summed E-state index contributed by atoms with van der Waals surface area (Å²) >= 11 is 7.12. The van der Waals surface area contributed by atoms with E-state index in [2.05, 4.69) is 10.3 Å². The van der Waals surface area contributed by atoms with Gasteiger partial charge in [-0.25, -0.2) is 4.98 Å². The molecule has 1 N–H and O–H groups in total. The molecule has 0 saturated heterocycles. The number of carbonyl (C=O) groups is 1. The number of hydrogen-bond donors (Lipinski definition) is 1. The third-order valence-electron chi connectivity index (χ3n) is 3.75. The van der Waals surface area contributed by atoms with Crippen LogP contribution in [0.4, 0.5) is 10.8 Å². The molecule has 0 saturated carbocycles. The Morgan fingerprint density at radius 2 is 1.88 bits per heavy atom. The van der Waals surface area contributed by atoms with E-state index in [1.54, 1.807) is 0 Å². The summed E-state index contributed by atoms with van der Waals surface area (Å²) in [4.78, 5) is 28.2. The summed E-state index contributed by atoms with van der Waals surface area (Å²) in [5.41, 5.74) is 2.75. The molecule has 8 heteroatoms. The molecule has 1 heterocycles. The van der Waals surface area contributed by atoms with Crippen LogP contribution in [-0.2, 0) is 0 Å². The molecular formula is C18H14ClN3O3S. The Labute approximate surface area is 158 Å². The number of halogens is 1. The zero-order valence-corrected chi connectivity index (χ0v) is 15.5. The van der Waals surface area contributed by atoms with E-state index in [1.165, 1.54) is 23.5 Å². The Morgan fingerprint density at radius 1 is 1.19 bits per heavy atom. The smallest absolute Gasteiger partial charge is 0.288 e. The third kappa shape index (κ3) is 3.74. The summed E-state index contributed by atoms with van der Waals surface area (Å²) in [5.74, 6) is -0.478. The first-order chi connectivity index (χ1) is 12.3. The van der Waals surface area contributed by atoms with Crippen LogP contribution in [0.25, 0.3) is 11.3 Å². The van der Waals surface area contributed by atoms with Gasteiger partial charge in [0.15, 0.2) is 5.13 Å². The number of anilines is 1. The number of nitro benzene ring substituents is 1. The molecule has 26 heavy (non-hydrogen) atoms. The summed E-state index contributed by atoms with van der Waals surface area (Å²) in [5, 5.41) is 14.1. The molecule has 0 aliphatic rings. The number of carbonyl (C=O) groups excluding carboxylic acids is 1. The van der Waals surface area contributed by atoms with Gasteiger partial charge in [-0.15, -0.1) is 11.3 Å². The van der Waals surface area contributed by atoms with E-state index in [4.69, 9.17) is 11.6 Å². The topological polar surface area (TPSA) is 85.1 Å². The number of benzene rings is 2. The summed E-state index contributed by atoms with van der Waals surface area (Å²) in [7, 11) is 0. The van der Waals surface area contributed by atoms with Gasteiger partial charge in [0, 0.05) is 22.1 Å². The molecule has 1 amide bonds. The lowest BCUT2D eigenvalue weighted by Crippen LogP contribution is -2.12. The number of thiazole rings is 1. The van der Waals surface area contributed by atoms with E-state index in [0.717, 1.165) is 27.8 Å². The number of rotatable bonds is 4. The van der Waals surface area contributed by atoms with Gasteiger partial charge in [0.1, 0.15) is 5.02 Å². The maximum absolute atomic E-state index is 12.4. The normalized spacial score (nSPS) is 10.6. The second kappa shape index (κ2) is 7.23. The minimum Gasteiger partial charge on any atom is -0.298 e. The van der Waals surface area contributed by atoms with E-state index in [1.807, 2.05) is 38.1 Å². The molecule has 0 unspecified atom stereocenters. The number of aryl methyl sites for hydroxylation is 2. The minimum atomic E-state index is -0.623. The summed E-state index contributed by atoms with van der Waals surface area (Å²) in [6.45, 7) is 3.93. The highest BCUT2D eigenvalue weighted by Crippen LogP contribution is 2.31. The van der Waals surface area contributed by atoms with Crippen molar-refractivity contribution in [2.75, 3.05) is 5.32 Å². The van der Waals surface area contributed by atoms with Gasteiger partial charge in [-0.05, 0) is 26.0 Å². The van der Waals surface area contributed by atoms with Gasteiger partial charge in [-0.3, -0.25) is 20.2 Å². The summed E-state index contributed by atoms with van der Waals surface area (Å²) in [6, 6.07) is 11.9. The maximum atomic E-state index is 12.4. The first-order valence-corrected chi connectivity index (χ1v) is 8.84. The molecule has 0 fully saturated rings. The maximum Gasteiger partial charge on any atom is 0.288 e. The lowest BCUT2D eigenvalue weighted by Gasteiger charge is -2.03. The predicted molar refractivity (Wildman–Crippen MR) is 103 cm³/mol. The SMILES string of the molecule is Cc1ccc(-c2nc(NC(=O)c3ccc(Cl)c([N+](=O)[O-])c3)sc2C)cc1. The van der Waals surface area contributed by atoms with Crippen LogP contribution in [0.5, 0.6) is 0 Å². The van der Waals surface area contributed by atoms with Gasteiger partial charge in [0.05, 0.1) is 10.6 Å². The quantitative estimate of drug-likeness (QED) is 0.490. The zero-order chi connectivity index (χ0) is 18.8. The second-order valence-corrected chi connectivity index (χ2v) is 7.28. The van der Waals surface area contributed by atoms with Crippen molar-refractivity contribution in [2.45, 2.75) is 13.8 Å². The number of nitro groups is 1. The van der Waals surface area contributed by atoms with Gasteiger partial charge < -0.3 is 0 Å². The fourth-order valence-electron chi connectivity index (χ4n) is 2.39. The molecule has 0 aliphatic carbocycles. The Balaban J connectivity index is 1.84. The highest BCUT2D eigenvalue weighted by molar-refractivity contribution is 7.16. The first kappa shape index (κ1) is 18.0. The Morgan fingerprint density at radius 3 is 2.54 bits per heavy atom. The molecule has 0 radical (unpaired) electrons. The summed E-state index contributed by atoms with van der Waals surface area (Å²) in [6.07, 6.45) is 0. The van der Waals surface area contributed by atoms with Gasteiger partial charge in [0.25, 0.3) is 11.6 Å². The fraction of sp³-hybridized carbons (Fsp3) is 0.111. The number of hydrogen-bond acceptors (Lipinski definition) is 5. The van der Waals surface area contributed by atoms with Crippen LogP contribution in [0.2, 0.25) is 5.02 Å². The zero-order valence-electron chi connectivity index (χ0n) is 13.9. The van der Waals surface area contributed by atoms with Crippen molar-refractivity contribution in [3.8, 4) is 11.3 Å². The van der Waals surface area contributed by atoms with Crippen molar-refractivity contribution in [3.63, 3.8) is 0 Å². The van der Waals surface area contributed by atoms with Gasteiger partial charge in [0.2, 0.25) is 0 Å². The second-order valence-electron chi connectivity index (χ2n) is 5.67. The van der Waals surface area contributed by atoms with Crippen LogP contribution in [0.3, 0.4) is 0 Å². The van der Waals surface area contributed by atoms with Crippen LogP contribution in [-0.4, -0.2) is 15.8 Å². The van der Waals surface area contributed by atoms with Gasteiger partial charge in [-0.2, -0.15) is 0 Å². The third-order valence-corrected chi connectivity index (χ3v) is 4.95. The molecule has 0 spiro atoms. The van der Waals surface area contributed by atoms with Crippen molar-refractivity contribution >= 4 is 39.7 Å². The van der Waals surface area contributed by atoms with Crippen LogP contribution < -0.4 is 5.32 Å².